The number of rotatable bonds is 7. The first-order valence-electron chi connectivity index (χ1n) is 10.4. The molecular weight excluding hydrogens is 440 g/mol. The van der Waals surface area contributed by atoms with Gasteiger partial charge in [-0.05, 0) is 29.5 Å². The normalized spacial score (nSPS) is 12.2. The maximum Gasteiger partial charge on any atom is 0.319 e. The number of nitrogens with one attached hydrogen (secondary N) is 1. The van der Waals surface area contributed by atoms with Crippen LogP contribution < -0.4 is 5.56 Å². The van der Waals surface area contributed by atoms with Gasteiger partial charge in [-0.1, -0.05) is 80.2 Å². The summed E-state index contributed by atoms with van der Waals surface area (Å²) in [5.41, 5.74) is 3.85. The Kier molecular flexibility index (Phi) is 6.77. The van der Waals surface area contributed by atoms with Crippen LogP contribution in [0, 0.1) is 0 Å². The molecule has 0 aliphatic rings. The summed E-state index contributed by atoms with van der Waals surface area (Å²) in [6, 6.07) is 17.8. The first-order valence-corrected chi connectivity index (χ1v) is 12.2. The lowest BCUT2D eigenvalue weighted by Crippen LogP contribution is -2.18. The number of benzene rings is 2. The van der Waals surface area contributed by atoms with Gasteiger partial charge in [-0.15, -0.1) is 11.3 Å². The first-order chi connectivity index (χ1) is 15.4. The molecule has 0 saturated heterocycles. The zero-order valence-corrected chi connectivity index (χ0v) is 19.8. The number of aromatic nitrogens is 2. The first kappa shape index (κ1) is 22.3. The molecule has 2 aromatic heterocycles. The average Bonchev–Trinajstić information content (AvgIpc) is 3.22. The van der Waals surface area contributed by atoms with E-state index in [1.54, 1.807) is 6.92 Å². The predicted octanol–water partition coefficient (Wildman–Crippen LogP) is 6.00. The molecule has 4 aromatic rings. The Labute approximate surface area is 194 Å². The van der Waals surface area contributed by atoms with Crippen LogP contribution in [-0.4, -0.2) is 21.2 Å². The minimum Gasteiger partial charge on any atom is -0.460 e. The summed E-state index contributed by atoms with van der Waals surface area (Å²) in [5, 5.41) is 2.46. The van der Waals surface area contributed by atoms with Crippen molar-refractivity contribution in [3.05, 3.63) is 81.5 Å². The molecule has 0 amide bonds. The van der Waals surface area contributed by atoms with Gasteiger partial charge in [-0.2, -0.15) is 0 Å². The Balaban J connectivity index is 1.50. The van der Waals surface area contributed by atoms with Crippen molar-refractivity contribution < 1.29 is 9.53 Å². The van der Waals surface area contributed by atoms with Gasteiger partial charge < -0.3 is 9.72 Å². The highest BCUT2D eigenvalue weighted by Crippen LogP contribution is 2.33. The van der Waals surface area contributed by atoms with Crippen LogP contribution >= 0.6 is 23.1 Å². The van der Waals surface area contributed by atoms with Crippen LogP contribution in [-0.2, 0) is 16.1 Å². The summed E-state index contributed by atoms with van der Waals surface area (Å²) in [4.78, 5) is 33.3. The van der Waals surface area contributed by atoms with Crippen LogP contribution in [0.1, 0.15) is 37.8 Å². The van der Waals surface area contributed by atoms with Crippen molar-refractivity contribution in [1.82, 2.24) is 9.97 Å². The number of carbonyl (C=O) groups is 1. The molecule has 0 fully saturated rings. The Morgan fingerprint density at radius 3 is 2.50 bits per heavy atom. The summed E-state index contributed by atoms with van der Waals surface area (Å²) in [6.45, 7) is 6.28. The second kappa shape index (κ2) is 9.71. The highest BCUT2D eigenvalue weighted by molar-refractivity contribution is 8.00. The van der Waals surface area contributed by atoms with Crippen molar-refractivity contribution in [2.75, 3.05) is 0 Å². The van der Waals surface area contributed by atoms with Crippen LogP contribution in [0.25, 0.3) is 21.3 Å². The Morgan fingerprint density at radius 1 is 1.09 bits per heavy atom. The Morgan fingerprint density at radius 2 is 1.81 bits per heavy atom. The lowest BCUT2D eigenvalue weighted by Gasteiger charge is -2.11. The van der Waals surface area contributed by atoms with Crippen LogP contribution in [0.3, 0.4) is 0 Å². The predicted molar refractivity (Wildman–Crippen MR) is 131 cm³/mol. The van der Waals surface area contributed by atoms with E-state index in [1.807, 2.05) is 47.8 Å². The molecule has 7 heteroatoms. The summed E-state index contributed by atoms with van der Waals surface area (Å²) in [6.07, 6.45) is 0. The van der Waals surface area contributed by atoms with Gasteiger partial charge in [0.05, 0.1) is 5.39 Å². The van der Waals surface area contributed by atoms with Crippen LogP contribution in [0.4, 0.5) is 0 Å². The second-order valence-corrected chi connectivity index (χ2v) is 10.0. The molecule has 0 aliphatic heterocycles. The third-order valence-corrected chi connectivity index (χ3v) is 6.99. The number of hydrogen-bond donors (Lipinski definition) is 1. The molecular formula is C25H24N2O3S2. The van der Waals surface area contributed by atoms with E-state index < -0.39 is 5.25 Å². The fraction of sp³-hybridized carbons (Fsp3) is 0.240. The van der Waals surface area contributed by atoms with Gasteiger partial charge in [0.25, 0.3) is 5.56 Å². The van der Waals surface area contributed by atoms with Gasteiger partial charge in [0.1, 0.15) is 16.7 Å². The molecule has 5 nitrogen and oxygen atoms in total. The fourth-order valence-corrected chi connectivity index (χ4v) is 5.11. The van der Waals surface area contributed by atoms with E-state index in [0.29, 0.717) is 21.3 Å². The molecule has 0 aliphatic carbocycles. The van der Waals surface area contributed by atoms with Gasteiger partial charge in [-0.25, -0.2) is 4.98 Å². The smallest absolute Gasteiger partial charge is 0.319 e. The number of thioether (sulfide) groups is 1. The molecule has 4 rings (SSSR count). The molecule has 32 heavy (non-hydrogen) atoms. The number of thiophene rings is 1. The van der Waals surface area contributed by atoms with E-state index in [9.17, 15) is 9.59 Å². The van der Waals surface area contributed by atoms with E-state index in [2.05, 4.69) is 35.9 Å². The topological polar surface area (TPSA) is 72.0 Å². The number of aromatic amines is 1. The van der Waals surface area contributed by atoms with Crippen molar-refractivity contribution in [3.63, 3.8) is 0 Å². The largest absolute Gasteiger partial charge is 0.460 e. The number of H-pyrrole nitrogens is 1. The molecule has 0 saturated carbocycles. The van der Waals surface area contributed by atoms with Gasteiger partial charge >= 0.3 is 5.97 Å². The van der Waals surface area contributed by atoms with E-state index in [4.69, 9.17) is 4.74 Å². The number of ether oxygens (including phenoxy) is 1. The molecule has 2 aromatic carbocycles. The summed E-state index contributed by atoms with van der Waals surface area (Å²) < 4.78 is 5.39. The highest BCUT2D eigenvalue weighted by Gasteiger charge is 2.19. The third-order valence-electron chi connectivity index (χ3n) is 5.15. The minimum absolute atomic E-state index is 0.202. The van der Waals surface area contributed by atoms with Gasteiger partial charge in [0.15, 0.2) is 5.16 Å². The Hall–Kier alpha value is -2.90. The van der Waals surface area contributed by atoms with Crippen molar-refractivity contribution in [1.29, 1.82) is 0 Å². The summed E-state index contributed by atoms with van der Waals surface area (Å²) >= 11 is 2.62. The lowest BCUT2D eigenvalue weighted by molar-refractivity contribution is -0.143. The van der Waals surface area contributed by atoms with E-state index >= 15 is 0 Å². The zero-order chi connectivity index (χ0) is 22.7. The molecule has 1 unspecified atom stereocenters. The number of esters is 1. The van der Waals surface area contributed by atoms with E-state index in [-0.39, 0.29) is 18.1 Å². The van der Waals surface area contributed by atoms with Gasteiger partial charge in [0.2, 0.25) is 0 Å². The van der Waals surface area contributed by atoms with Crippen LogP contribution in [0.2, 0.25) is 0 Å². The van der Waals surface area contributed by atoms with Crippen LogP contribution in [0.5, 0.6) is 0 Å². The van der Waals surface area contributed by atoms with E-state index in [0.717, 1.165) is 16.7 Å². The SMILES string of the molecule is CC(Sc1nc2scc(-c3ccc(C(C)C)cc3)c2c(=O)[nH]1)C(=O)OCc1ccccc1. The monoisotopic (exact) mass is 464 g/mol. The third kappa shape index (κ3) is 4.95. The molecule has 164 valence electrons. The average molecular weight is 465 g/mol. The van der Waals surface area contributed by atoms with Gasteiger partial charge in [-0.3, -0.25) is 9.59 Å². The molecule has 1 N–H and O–H groups in total. The molecule has 0 bridgehead atoms. The Bertz CT molecular complexity index is 1280. The van der Waals surface area contributed by atoms with Crippen LogP contribution in [0.15, 0.2) is 69.9 Å². The molecule has 1 atom stereocenters. The standard InChI is InChI=1S/C25H24N2O3S2/c1-15(2)18-9-11-19(12-10-18)20-14-31-23-21(20)22(28)26-25(27-23)32-16(3)24(29)30-13-17-7-5-4-6-8-17/h4-12,14-16H,13H2,1-3H3,(H,26,27,28). The minimum atomic E-state index is -0.498. The van der Waals surface area contributed by atoms with Crippen molar-refractivity contribution in [2.24, 2.45) is 0 Å². The molecule has 0 radical (unpaired) electrons. The maximum absolute atomic E-state index is 12.9. The highest BCUT2D eigenvalue weighted by atomic mass is 32.2. The summed E-state index contributed by atoms with van der Waals surface area (Å²) in [5.74, 6) is 0.105. The molecule has 2 heterocycles. The number of nitrogens with zero attached hydrogens (tertiary/aromatic N) is 1. The maximum atomic E-state index is 12.9. The quantitative estimate of drug-likeness (QED) is 0.206. The summed E-state index contributed by atoms with van der Waals surface area (Å²) in [7, 11) is 0. The van der Waals surface area contributed by atoms with Crippen molar-refractivity contribution in [3.8, 4) is 11.1 Å². The second-order valence-electron chi connectivity index (χ2n) is 7.83. The molecule has 0 spiro atoms. The van der Waals surface area contributed by atoms with Crippen molar-refractivity contribution >= 4 is 39.3 Å². The fourth-order valence-electron chi connectivity index (χ4n) is 3.31. The van der Waals surface area contributed by atoms with Gasteiger partial charge in [0, 0.05) is 10.9 Å². The number of fused-ring (bicyclic) bond motifs is 1. The number of hydrogen-bond acceptors (Lipinski definition) is 6. The van der Waals surface area contributed by atoms with Crippen molar-refractivity contribution in [2.45, 2.75) is 43.7 Å². The lowest BCUT2D eigenvalue weighted by atomic mass is 9.99. The zero-order valence-electron chi connectivity index (χ0n) is 18.1. The number of carbonyl (C=O) groups excluding carboxylic acids is 1. The van der Waals surface area contributed by atoms with E-state index in [1.165, 1.54) is 28.7 Å².